The van der Waals surface area contributed by atoms with Gasteiger partial charge in [0.25, 0.3) is 0 Å². The summed E-state index contributed by atoms with van der Waals surface area (Å²) in [6.07, 6.45) is 0.819. The number of amides is 1. The van der Waals surface area contributed by atoms with Gasteiger partial charge < -0.3 is 5.32 Å². The van der Waals surface area contributed by atoms with E-state index in [-0.39, 0.29) is 0 Å². The first-order chi connectivity index (χ1) is 5.79. The zero-order valence-electron chi connectivity index (χ0n) is 6.59. The Kier molecular flexibility index (Phi) is 3.61. The minimum absolute atomic E-state index is 0.495. The summed E-state index contributed by atoms with van der Waals surface area (Å²) in [5, 5.41) is 2.03. The molecule has 1 rings (SSSR count). The van der Waals surface area contributed by atoms with Gasteiger partial charge in [0.1, 0.15) is 0 Å². The zero-order chi connectivity index (χ0) is 8.81. The molecule has 0 aliphatic carbocycles. The van der Waals surface area contributed by atoms with Crippen LogP contribution in [0.2, 0.25) is 0 Å². The summed E-state index contributed by atoms with van der Waals surface area (Å²) in [4.78, 5) is 10.3. The van der Waals surface area contributed by atoms with Crippen LogP contribution in [-0.4, -0.2) is 11.9 Å². The maximum Gasteiger partial charge on any atom is 0.313 e. The van der Waals surface area contributed by atoms with Crippen LogP contribution in [0, 0.1) is 0 Å². The fourth-order valence-corrected chi connectivity index (χ4v) is 1.04. The normalized spacial score (nSPS) is 9.42. The minimum Gasteiger partial charge on any atom is -0.342 e. The van der Waals surface area contributed by atoms with E-state index in [9.17, 15) is 4.79 Å². The van der Waals surface area contributed by atoms with Crippen molar-refractivity contribution < 1.29 is 4.79 Å². The van der Waals surface area contributed by atoms with E-state index in [2.05, 4.69) is 5.32 Å². The van der Waals surface area contributed by atoms with Crippen molar-refractivity contribution in [2.45, 2.75) is 6.42 Å². The molecule has 0 spiro atoms. The number of hydrogen-bond acceptors (Lipinski definition) is 1. The second kappa shape index (κ2) is 4.78. The summed E-state index contributed by atoms with van der Waals surface area (Å²) in [5.41, 5.74) is 1.20. The van der Waals surface area contributed by atoms with Crippen molar-refractivity contribution >= 4 is 17.0 Å². The predicted octanol–water partition coefficient (Wildman–Crippen LogP) is 2.18. The second-order valence-corrected chi connectivity index (χ2v) is 2.78. The molecule has 64 valence electrons. The van der Waals surface area contributed by atoms with Crippen LogP contribution in [0.1, 0.15) is 5.56 Å². The van der Waals surface area contributed by atoms with Gasteiger partial charge in [-0.1, -0.05) is 30.3 Å². The predicted molar refractivity (Wildman–Crippen MR) is 49.4 cm³/mol. The molecule has 2 nitrogen and oxygen atoms in total. The van der Waals surface area contributed by atoms with Gasteiger partial charge in [0, 0.05) is 6.54 Å². The molecule has 0 bridgehead atoms. The highest BCUT2D eigenvalue weighted by molar-refractivity contribution is 6.62. The quantitative estimate of drug-likeness (QED) is 0.565. The average molecular weight is 184 g/mol. The van der Waals surface area contributed by atoms with E-state index in [1.54, 1.807) is 0 Å². The van der Waals surface area contributed by atoms with Gasteiger partial charge >= 0.3 is 5.37 Å². The monoisotopic (exact) mass is 183 g/mol. The lowest BCUT2D eigenvalue weighted by molar-refractivity contribution is 0.260. The third-order valence-corrected chi connectivity index (χ3v) is 1.65. The van der Waals surface area contributed by atoms with Gasteiger partial charge in [0.05, 0.1) is 0 Å². The van der Waals surface area contributed by atoms with Crippen LogP contribution < -0.4 is 5.32 Å². The Morgan fingerprint density at radius 3 is 2.58 bits per heavy atom. The number of hydrogen-bond donors (Lipinski definition) is 1. The first kappa shape index (κ1) is 9.07. The van der Waals surface area contributed by atoms with Gasteiger partial charge in [0.15, 0.2) is 0 Å². The fourth-order valence-electron chi connectivity index (χ4n) is 0.950. The van der Waals surface area contributed by atoms with E-state index < -0.39 is 5.37 Å². The Labute approximate surface area is 76.5 Å². The molecular formula is C9H10ClNO. The SMILES string of the molecule is O=C(Cl)NCCc1ccccc1. The summed E-state index contributed by atoms with van der Waals surface area (Å²) in [7, 11) is 0. The zero-order valence-corrected chi connectivity index (χ0v) is 7.34. The molecule has 1 N–H and O–H groups in total. The lowest BCUT2D eigenvalue weighted by Crippen LogP contribution is -2.19. The van der Waals surface area contributed by atoms with Crippen molar-refractivity contribution in [2.24, 2.45) is 0 Å². The van der Waals surface area contributed by atoms with E-state index in [4.69, 9.17) is 11.6 Å². The summed E-state index contributed by atoms with van der Waals surface area (Å²) in [6, 6.07) is 9.93. The highest BCUT2D eigenvalue weighted by Gasteiger charge is 1.93. The molecule has 1 aromatic carbocycles. The van der Waals surface area contributed by atoms with Gasteiger partial charge in [-0.3, -0.25) is 4.79 Å². The second-order valence-electron chi connectivity index (χ2n) is 2.44. The molecule has 0 saturated heterocycles. The maximum atomic E-state index is 10.3. The van der Waals surface area contributed by atoms with Gasteiger partial charge in [0.2, 0.25) is 0 Å². The van der Waals surface area contributed by atoms with Crippen LogP contribution in [0.25, 0.3) is 0 Å². The Morgan fingerprint density at radius 1 is 1.33 bits per heavy atom. The molecule has 0 fully saturated rings. The number of halogens is 1. The molecular weight excluding hydrogens is 174 g/mol. The first-order valence-electron chi connectivity index (χ1n) is 3.76. The number of carbonyl (C=O) groups is 1. The lowest BCUT2D eigenvalue weighted by atomic mass is 10.2. The third-order valence-electron chi connectivity index (χ3n) is 1.52. The summed E-state index contributed by atoms with van der Waals surface area (Å²) < 4.78 is 0. The minimum atomic E-state index is -0.495. The maximum absolute atomic E-state index is 10.3. The highest BCUT2D eigenvalue weighted by Crippen LogP contribution is 1.98. The summed E-state index contributed by atoms with van der Waals surface area (Å²) in [6.45, 7) is 0.590. The molecule has 1 aromatic rings. The van der Waals surface area contributed by atoms with E-state index >= 15 is 0 Å². The van der Waals surface area contributed by atoms with Crippen molar-refractivity contribution in [3.05, 3.63) is 35.9 Å². The van der Waals surface area contributed by atoms with Crippen molar-refractivity contribution in [1.82, 2.24) is 5.32 Å². The Bertz CT molecular complexity index is 248. The van der Waals surface area contributed by atoms with Crippen LogP contribution >= 0.6 is 11.6 Å². The van der Waals surface area contributed by atoms with E-state index in [1.807, 2.05) is 30.3 Å². The highest BCUT2D eigenvalue weighted by atomic mass is 35.5. The largest absolute Gasteiger partial charge is 0.342 e. The van der Waals surface area contributed by atoms with Crippen LogP contribution in [0.15, 0.2) is 30.3 Å². The van der Waals surface area contributed by atoms with E-state index in [0.717, 1.165) is 6.42 Å². The van der Waals surface area contributed by atoms with Crippen molar-refractivity contribution in [1.29, 1.82) is 0 Å². The van der Waals surface area contributed by atoms with Crippen LogP contribution in [0.3, 0.4) is 0 Å². The molecule has 12 heavy (non-hydrogen) atoms. The molecule has 0 aliphatic heterocycles. The molecule has 3 heteroatoms. The van der Waals surface area contributed by atoms with Gasteiger partial charge in [-0.25, -0.2) is 0 Å². The molecule has 0 atom stereocenters. The number of carbonyl (C=O) groups excluding carboxylic acids is 1. The van der Waals surface area contributed by atoms with Gasteiger partial charge in [-0.15, -0.1) is 0 Å². The van der Waals surface area contributed by atoms with Gasteiger partial charge in [-0.05, 0) is 23.6 Å². The Balaban J connectivity index is 2.29. The standard InChI is InChI=1S/C9H10ClNO/c10-9(12)11-7-6-8-4-2-1-3-5-8/h1-5H,6-7H2,(H,11,12). The van der Waals surface area contributed by atoms with Crippen LogP contribution in [-0.2, 0) is 6.42 Å². The summed E-state index contributed by atoms with van der Waals surface area (Å²) >= 11 is 5.09. The topological polar surface area (TPSA) is 29.1 Å². The smallest absolute Gasteiger partial charge is 0.313 e. The molecule has 0 aliphatic rings. The van der Waals surface area contributed by atoms with E-state index in [1.165, 1.54) is 5.56 Å². The lowest BCUT2D eigenvalue weighted by Gasteiger charge is -2.00. The molecule has 0 radical (unpaired) electrons. The van der Waals surface area contributed by atoms with Crippen molar-refractivity contribution in [2.75, 3.05) is 6.54 Å². The average Bonchev–Trinajstić information content (AvgIpc) is 2.05. The number of rotatable bonds is 3. The number of nitrogens with one attached hydrogen (secondary N) is 1. The van der Waals surface area contributed by atoms with Crippen molar-refractivity contribution in [3.63, 3.8) is 0 Å². The third kappa shape index (κ3) is 3.39. The summed E-state index contributed by atoms with van der Waals surface area (Å²) in [5.74, 6) is 0. The number of benzene rings is 1. The molecule has 0 heterocycles. The first-order valence-corrected chi connectivity index (χ1v) is 4.14. The van der Waals surface area contributed by atoms with Crippen LogP contribution in [0.5, 0.6) is 0 Å². The Morgan fingerprint density at radius 2 is 2.00 bits per heavy atom. The van der Waals surface area contributed by atoms with Crippen molar-refractivity contribution in [3.8, 4) is 0 Å². The molecule has 0 unspecified atom stereocenters. The fraction of sp³-hybridized carbons (Fsp3) is 0.222. The Hall–Kier alpha value is -1.02. The van der Waals surface area contributed by atoms with E-state index in [0.29, 0.717) is 6.54 Å². The van der Waals surface area contributed by atoms with Crippen LogP contribution in [0.4, 0.5) is 4.79 Å². The molecule has 0 aromatic heterocycles. The van der Waals surface area contributed by atoms with Gasteiger partial charge in [-0.2, -0.15) is 0 Å². The molecule has 0 saturated carbocycles. The molecule has 1 amide bonds.